The molecular formula is C21H25NO3. The molecule has 0 heterocycles. The molecule has 4 atom stereocenters. The number of carbonyl (C=O) groups excluding carboxylic acids is 1. The molecule has 25 heavy (non-hydrogen) atoms. The summed E-state index contributed by atoms with van der Waals surface area (Å²) in [6, 6.07) is 13.7. The minimum absolute atomic E-state index is 0.244. The fourth-order valence-electron chi connectivity index (χ4n) is 4.57. The molecule has 2 N–H and O–H groups in total. The molecule has 0 saturated heterocycles. The van der Waals surface area contributed by atoms with Gasteiger partial charge in [-0.1, -0.05) is 50.2 Å². The average molecular weight is 339 g/mol. The van der Waals surface area contributed by atoms with E-state index in [4.69, 9.17) is 4.74 Å². The van der Waals surface area contributed by atoms with Crippen molar-refractivity contribution in [1.29, 1.82) is 0 Å². The average Bonchev–Trinajstić information content (AvgIpc) is 3.06. The van der Waals surface area contributed by atoms with E-state index in [9.17, 15) is 9.90 Å². The molecule has 2 aromatic carbocycles. The minimum atomic E-state index is -0.967. The van der Waals surface area contributed by atoms with Gasteiger partial charge in [0.2, 0.25) is 0 Å². The highest BCUT2D eigenvalue weighted by molar-refractivity contribution is 6.00. The third kappa shape index (κ3) is 2.78. The molecule has 2 aliphatic rings. The van der Waals surface area contributed by atoms with Crippen LogP contribution in [-0.4, -0.2) is 22.9 Å². The second-order valence-electron chi connectivity index (χ2n) is 8.38. The summed E-state index contributed by atoms with van der Waals surface area (Å²) in [7, 11) is 0. The lowest BCUT2D eigenvalue weighted by Crippen LogP contribution is -2.46. The number of fused-ring (bicyclic) bond motifs is 2. The van der Waals surface area contributed by atoms with Gasteiger partial charge in [0, 0.05) is 5.39 Å². The van der Waals surface area contributed by atoms with Gasteiger partial charge in [0.15, 0.2) is 0 Å². The molecule has 4 heteroatoms. The Morgan fingerprint density at radius 2 is 1.84 bits per heavy atom. The van der Waals surface area contributed by atoms with Crippen LogP contribution in [0.2, 0.25) is 0 Å². The van der Waals surface area contributed by atoms with Gasteiger partial charge in [0.25, 0.3) is 0 Å². The third-order valence-electron chi connectivity index (χ3n) is 6.36. The van der Waals surface area contributed by atoms with E-state index >= 15 is 0 Å². The molecule has 4 rings (SSSR count). The van der Waals surface area contributed by atoms with Crippen molar-refractivity contribution in [2.24, 2.45) is 17.3 Å². The maximum Gasteiger partial charge on any atom is 0.412 e. The van der Waals surface area contributed by atoms with Gasteiger partial charge in [0.1, 0.15) is 6.10 Å². The van der Waals surface area contributed by atoms with Crippen LogP contribution in [0.25, 0.3) is 10.8 Å². The number of carbonyl (C=O) groups is 1. The zero-order valence-electron chi connectivity index (χ0n) is 15.0. The summed E-state index contributed by atoms with van der Waals surface area (Å²) in [6.45, 7) is 6.25. The van der Waals surface area contributed by atoms with Crippen LogP contribution in [0.3, 0.4) is 0 Å². The number of hydrogen-bond donors (Lipinski definition) is 2. The molecule has 0 aliphatic heterocycles. The van der Waals surface area contributed by atoms with Gasteiger partial charge in [-0.05, 0) is 48.5 Å². The Morgan fingerprint density at radius 1 is 1.12 bits per heavy atom. The summed E-state index contributed by atoms with van der Waals surface area (Å²) in [6.07, 6.45) is 0.453. The number of amides is 1. The Morgan fingerprint density at radius 3 is 2.64 bits per heavy atom. The lowest BCUT2D eigenvalue weighted by molar-refractivity contribution is -0.0908. The summed E-state index contributed by atoms with van der Waals surface area (Å²) in [5.74, 6) is 1.06. The van der Waals surface area contributed by atoms with Crippen LogP contribution in [0, 0.1) is 17.3 Å². The first-order valence-electron chi connectivity index (χ1n) is 8.97. The molecule has 0 bridgehead atoms. The summed E-state index contributed by atoms with van der Waals surface area (Å²) in [5.41, 5.74) is 0.00219. The molecule has 2 saturated carbocycles. The second kappa shape index (κ2) is 5.46. The SMILES string of the molecule is CC1(C)C2C[C@@H](OC(=O)Nc3cccc4ccccc34)[C@](C)(O)CC21. The van der Waals surface area contributed by atoms with Crippen LogP contribution < -0.4 is 5.32 Å². The molecule has 0 spiro atoms. The van der Waals surface area contributed by atoms with Gasteiger partial charge in [-0.2, -0.15) is 0 Å². The molecule has 1 amide bonds. The van der Waals surface area contributed by atoms with Crippen LogP contribution in [0.1, 0.15) is 33.6 Å². The molecule has 4 nitrogen and oxygen atoms in total. The number of ether oxygens (including phenoxy) is 1. The van der Waals surface area contributed by atoms with Gasteiger partial charge < -0.3 is 9.84 Å². The summed E-state index contributed by atoms with van der Waals surface area (Å²) in [5, 5.41) is 15.6. The van der Waals surface area contributed by atoms with E-state index in [1.54, 1.807) is 6.92 Å². The Bertz CT molecular complexity index is 822. The molecule has 132 valence electrons. The summed E-state index contributed by atoms with van der Waals surface area (Å²) in [4.78, 5) is 12.4. The molecule has 0 aromatic heterocycles. The molecule has 0 radical (unpaired) electrons. The van der Waals surface area contributed by atoms with Crippen molar-refractivity contribution in [2.45, 2.75) is 45.3 Å². The Kier molecular flexibility index (Phi) is 3.58. The Hall–Kier alpha value is -2.07. The monoisotopic (exact) mass is 339 g/mol. The first-order chi connectivity index (χ1) is 11.8. The topological polar surface area (TPSA) is 58.6 Å². The van der Waals surface area contributed by atoms with E-state index in [-0.39, 0.29) is 5.41 Å². The highest BCUT2D eigenvalue weighted by Gasteiger charge is 2.64. The van der Waals surface area contributed by atoms with Gasteiger partial charge in [-0.25, -0.2) is 4.79 Å². The lowest BCUT2D eigenvalue weighted by atomic mass is 9.84. The van der Waals surface area contributed by atoms with Crippen molar-refractivity contribution in [3.8, 4) is 0 Å². The number of anilines is 1. The zero-order valence-corrected chi connectivity index (χ0v) is 15.0. The van der Waals surface area contributed by atoms with E-state index < -0.39 is 17.8 Å². The van der Waals surface area contributed by atoms with E-state index in [2.05, 4.69) is 19.2 Å². The number of aliphatic hydroxyl groups is 1. The summed E-state index contributed by atoms with van der Waals surface area (Å²) < 4.78 is 5.65. The van der Waals surface area contributed by atoms with Crippen LogP contribution >= 0.6 is 0 Å². The van der Waals surface area contributed by atoms with Crippen molar-refractivity contribution in [2.75, 3.05) is 5.32 Å². The number of rotatable bonds is 2. The molecule has 2 aliphatic carbocycles. The van der Waals surface area contributed by atoms with E-state index in [1.165, 1.54) is 0 Å². The predicted molar refractivity (Wildman–Crippen MR) is 98.5 cm³/mol. The van der Waals surface area contributed by atoms with Gasteiger partial charge in [-0.3, -0.25) is 5.32 Å². The van der Waals surface area contributed by atoms with E-state index in [0.29, 0.717) is 18.3 Å². The molecule has 2 aromatic rings. The first kappa shape index (κ1) is 16.4. The quantitative estimate of drug-likeness (QED) is 0.842. The van der Waals surface area contributed by atoms with Crippen LogP contribution in [0.15, 0.2) is 42.5 Å². The van der Waals surface area contributed by atoms with Gasteiger partial charge in [-0.15, -0.1) is 0 Å². The largest absolute Gasteiger partial charge is 0.443 e. The van der Waals surface area contributed by atoms with Crippen molar-refractivity contribution < 1.29 is 14.6 Å². The Balaban J connectivity index is 1.48. The second-order valence-corrected chi connectivity index (χ2v) is 8.38. The summed E-state index contributed by atoms with van der Waals surface area (Å²) >= 11 is 0. The number of benzene rings is 2. The predicted octanol–water partition coefficient (Wildman–Crippen LogP) is 4.57. The maximum absolute atomic E-state index is 12.4. The minimum Gasteiger partial charge on any atom is -0.443 e. The highest BCUT2D eigenvalue weighted by Crippen LogP contribution is 2.66. The van der Waals surface area contributed by atoms with E-state index in [1.807, 2.05) is 42.5 Å². The maximum atomic E-state index is 12.4. The smallest absolute Gasteiger partial charge is 0.412 e. The van der Waals surface area contributed by atoms with Crippen LogP contribution in [-0.2, 0) is 4.74 Å². The fraction of sp³-hybridized carbons (Fsp3) is 0.476. The number of nitrogens with one attached hydrogen (secondary N) is 1. The zero-order chi connectivity index (χ0) is 17.8. The van der Waals surface area contributed by atoms with Gasteiger partial charge in [0.05, 0.1) is 11.3 Å². The van der Waals surface area contributed by atoms with Gasteiger partial charge >= 0.3 is 6.09 Å². The van der Waals surface area contributed by atoms with Crippen LogP contribution in [0.4, 0.5) is 10.5 Å². The van der Waals surface area contributed by atoms with Crippen molar-refractivity contribution in [3.05, 3.63) is 42.5 Å². The normalized spacial score (nSPS) is 32.7. The molecular weight excluding hydrogens is 314 g/mol. The standard InChI is InChI=1S/C21H25NO3/c1-20(2)15-11-18(21(3,24)12-16(15)20)25-19(23)22-17-10-6-8-13-7-4-5-9-14(13)17/h4-10,15-16,18,24H,11-12H2,1-3H3,(H,22,23)/t15?,16?,18-,21-/m1/s1. The number of hydrogen-bond acceptors (Lipinski definition) is 3. The molecule has 2 fully saturated rings. The van der Waals surface area contributed by atoms with Crippen molar-refractivity contribution in [3.63, 3.8) is 0 Å². The highest BCUT2D eigenvalue weighted by atomic mass is 16.6. The van der Waals surface area contributed by atoms with Crippen molar-refractivity contribution >= 4 is 22.6 Å². The fourth-order valence-corrected chi connectivity index (χ4v) is 4.57. The first-order valence-corrected chi connectivity index (χ1v) is 8.97. The van der Waals surface area contributed by atoms with Crippen LogP contribution in [0.5, 0.6) is 0 Å². The lowest BCUT2D eigenvalue weighted by Gasteiger charge is -2.35. The molecule has 2 unspecified atom stereocenters. The Labute approximate surface area is 148 Å². The third-order valence-corrected chi connectivity index (χ3v) is 6.36. The van der Waals surface area contributed by atoms with Crippen molar-refractivity contribution in [1.82, 2.24) is 0 Å². The van der Waals surface area contributed by atoms with E-state index in [0.717, 1.165) is 22.9 Å².